The van der Waals surface area contributed by atoms with Crippen LogP contribution in [-0.2, 0) is 19.1 Å². The topological polar surface area (TPSA) is 93.1 Å². The molecule has 2 saturated carbocycles. The highest BCUT2D eigenvalue weighted by molar-refractivity contribution is 5.88. The molecule has 246 valence electrons. The van der Waals surface area contributed by atoms with Crippen LogP contribution in [0.2, 0.25) is 0 Å². The molecule has 2 unspecified atom stereocenters. The average Bonchev–Trinajstić information content (AvgIpc) is 3.01. The van der Waals surface area contributed by atoms with E-state index in [1.165, 1.54) is 82.6 Å². The number of aliphatic hydroxyl groups is 2. The number of hydrogen-bond donors (Lipinski definition) is 2. The highest BCUT2D eigenvalue weighted by Gasteiger charge is 2.31. The van der Waals surface area contributed by atoms with Crippen molar-refractivity contribution in [3.63, 3.8) is 0 Å². The fourth-order valence-corrected chi connectivity index (χ4v) is 7.27. The summed E-state index contributed by atoms with van der Waals surface area (Å²) in [5, 5.41) is 19.2. The molecule has 44 heavy (non-hydrogen) atoms. The van der Waals surface area contributed by atoms with E-state index in [0.717, 1.165) is 23.3 Å². The molecule has 2 atom stereocenters. The third-order valence-corrected chi connectivity index (χ3v) is 9.92. The van der Waals surface area contributed by atoms with Gasteiger partial charge in [0.1, 0.15) is 13.2 Å². The number of hydrogen-bond acceptors (Lipinski definition) is 6. The molecule has 2 N–H and O–H groups in total. The van der Waals surface area contributed by atoms with E-state index in [1.807, 2.05) is 0 Å². The Kier molecular flexibility index (Phi) is 15.2. The summed E-state index contributed by atoms with van der Waals surface area (Å²) in [6.45, 7) is 13.0. The van der Waals surface area contributed by atoms with Gasteiger partial charge in [0.2, 0.25) is 0 Å². The number of unbranched alkanes of at least 4 members (excludes halogenated alkanes) is 2. The van der Waals surface area contributed by atoms with Crippen molar-refractivity contribution in [1.82, 2.24) is 0 Å². The minimum absolute atomic E-state index is 0.0130. The zero-order valence-electron chi connectivity index (χ0n) is 27.6. The molecule has 0 amide bonds. The Labute approximate surface area is 266 Å². The first-order valence-electron chi connectivity index (χ1n) is 17.2. The van der Waals surface area contributed by atoms with Gasteiger partial charge in [-0.1, -0.05) is 82.9 Å². The van der Waals surface area contributed by atoms with E-state index >= 15 is 0 Å². The van der Waals surface area contributed by atoms with Crippen LogP contribution in [0.25, 0.3) is 0 Å². The van der Waals surface area contributed by atoms with Gasteiger partial charge < -0.3 is 19.7 Å². The molecule has 2 aliphatic rings. The Bertz CT molecular complexity index is 1000. The van der Waals surface area contributed by atoms with Crippen molar-refractivity contribution >= 4 is 11.9 Å². The minimum atomic E-state index is -0.690. The Balaban J connectivity index is 1.55. The summed E-state index contributed by atoms with van der Waals surface area (Å²) in [6.07, 6.45) is 15.3. The number of benzene rings is 1. The number of aliphatic hydroxyl groups excluding tert-OH is 2. The second-order valence-electron chi connectivity index (χ2n) is 13.8. The SMILES string of the molecule is C=C(CC(C)O)C(=O)OCC(COC(=O)C(=C)CC(C)O)c1ccc(C2CCC(C3CCC(CCCCC)CC3)CC2)cc1. The molecular formula is C38H58O6. The van der Waals surface area contributed by atoms with Gasteiger partial charge in [-0.15, -0.1) is 0 Å². The lowest BCUT2D eigenvalue weighted by Gasteiger charge is -2.38. The van der Waals surface area contributed by atoms with E-state index in [-0.39, 0.29) is 43.1 Å². The van der Waals surface area contributed by atoms with Crippen molar-refractivity contribution in [1.29, 1.82) is 0 Å². The van der Waals surface area contributed by atoms with Crippen molar-refractivity contribution in [2.24, 2.45) is 17.8 Å². The average molecular weight is 611 g/mol. The number of carbonyl (C=O) groups is 2. The molecule has 0 spiro atoms. The van der Waals surface area contributed by atoms with Gasteiger partial charge in [-0.2, -0.15) is 0 Å². The van der Waals surface area contributed by atoms with E-state index in [2.05, 4.69) is 44.3 Å². The summed E-state index contributed by atoms with van der Waals surface area (Å²) in [4.78, 5) is 24.9. The van der Waals surface area contributed by atoms with Crippen molar-refractivity contribution in [3.05, 3.63) is 59.7 Å². The molecule has 0 heterocycles. The van der Waals surface area contributed by atoms with E-state index in [4.69, 9.17) is 9.47 Å². The molecule has 1 aromatic rings. The van der Waals surface area contributed by atoms with E-state index < -0.39 is 24.1 Å². The number of esters is 2. The van der Waals surface area contributed by atoms with Gasteiger partial charge in [0, 0.05) is 24.0 Å². The van der Waals surface area contributed by atoms with Crippen molar-refractivity contribution in [3.8, 4) is 0 Å². The Morgan fingerprint density at radius 1 is 0.773 bits per heavy atom. The molecule has 0 aromatic heterocycles. The molecule has 6 heteroatoms. The molecule has 3 rings (SSSR count). The lowest BCUT2D eigenvalue weighted by Crippen LogP contribution is -2.25. The molecule has 2 aliphatic carbocycles. The van der Waals surface area contributed by atoms with Crippen molar-refractivity contribution in [2.75, 3.05) is 13.2 Å². The molecule has 0 aliphatic heterocycles. The number of ether oxygens (including phenoxy) is 2. The summed E-state index contributed by atoms with van der Waals surface area (Å²) in [5.41, 5.74) is 2.66. The van der Waals surface area contributed by atoms with E-state index in [0.29, 0.717) is 5.92 Å². The predicted octanol–water partition coefficient (Wildman–Crippen LogP) is 8.17. The van der Waals surface area contributed by atoms with E-state index in [1.54, 1.807) is 13.8 Å². The molecule has 1 aromatic carbocycles. The number of rotatable bonds is 17. The highest BCUT2D eigenvalue weighted by atomic mass is 16.5. The maximum atomic E-state index is 12.5. The smallest absolute Gasteiger partial charge is 0.333 e. The van der Waals surface area contributed by atoms with Gasteiger partial charge in [-0.25, -0.2) is 9.59 Å². The first-order valence-corrected chi connectivity index (χ1v) is 17.2. The summed E-state index contributed by atoms with van der Waals surface area (Å²) < 4.78 is 11.0. The van der Waals surface area contributed by atoms with Crippen molar-refractivity contribution < 1.29 is 29.3 Å². The van der Waals surface area contributed by atoms with Crippen LogP contribution < -0.4 is 0 Å². The lowest BCUT2D eigenvalue weighted by atomic mass is 9.68. The Hall–Kier alpha value is -2.44. The van der Waals surface area contributed by atoms with Gasteiger partial charge in [0.05, 0.1) is 18.1 Å². The van der Waals surface area contributed by atoms with Crippen LogP contribution in [0, 0.1) is 17.8 Å². The molecule has 6 nitrogen and oxygen atoms in total. The van der Waals surface area contributed by atoms with Crippen LogP contribution in [0.4, 0.5) is 0 Å². The fourth-order valence-electron chi connectivity index (χ4n) is 7.27. The van der Waals surface area contributed by atoms with Gasteiger partial charge in [-0.05, 0) is 87.2 Å². The van der Waals surface area contributed by atoms with Gasteiger partial charge in [0.15, 0.2) is 0 Å². The highest BCUT2D eigenvalue weighted by Crippen LogP contribution is 2.44. The van der Waals surface area contributed by atoms with E-state index in [9.17, 15) is 19.8 Å². The minimum Gasteiger partial charge on any atom is -0.462 e. The van der Waals surface area contributed by atoms with Gasteiger partial charge >= 0.3 is 11.9 Å². The first-order chi connectivity index (χ1) is 21.1. The first kappa shape index (κ1) is 36.0. The molecular weight excluding hydrogens is 552 g/mol. The summed E-state index contributed by atoms with van der Waals surface area (Å²) in [5.74, 6) is 1.81. The third kappa shape index (κ3) is 11.8. The van der Waals surface area contributed by atoms with Crippen LogP contribution in [0.15, 0.2) is 48.6 Å². The molecule has 2 fully saturated rings. The molecule has 0 bridgehead atoms. The zero-order chi connectivity index (χ0) is 32.1. The normalized spacial score (nSPS) is 24.1. The van der Waals surface area contributed by atoms with Crippen LogP contribution in [0.5, 0.6) is 0 Å². The van der Waals surface area contributed by atoms with Crippen LogP contribution in [-0.4, -0.2) is 47.6 Å². The summed E-state index contributed by atoms with van der Waals surface area (Å²) >= 11 is 0. The van der Waals surface area contributed by atoms with Crippen LogP contribution in [0.1, 0.15) is 134 Å². The maximum absolute atomic E-state index is 12.5. The van der Waals surface area contributed by atoms with Crippen molar-refractivity contribution in [2.45, 2.75) is 135 Å². The van der Waals surface area contributed by atoms with Gasteiger partial charge in [0.25, 0.3) is 0 Å². The van der Waals surface area contributed by atoms with Crippen LogP contribution >= 0.6 is 0 Å². The fraction of sp³-hybridized carbons (Fsp3) is 0.684. The quantitative estimate of drug-likeness (QED) is 0.105. The largest absolute Gasteiger partial charge is 0.462 e. The number of carbonyl (C=O) groups excluding carboxylic acids is 2. The Morgan fingerprint density at radius 2 is 1.25 bits per heavy atom. The monoisotopic (exact) mass is 610 g/mol. The summed E-state index contributed by atoms with van der Waals surface area (Å²) in [6, 6.07) is 8.47. The second-order valence-corrected chi connectivity index (χ2v) is 13.8. The standard InChI is InChI=1S/C38H58O6/c1-6-7-8-9-30-10-12-31(13-11-30)32-14-16-33(17-15-32)34-18-20-35(21-19-34)36(24-43-37(41)26(2)22-28(4)39)25-44-38(42)27(3)23-29(5)40/h18-21,28-33,36,39-40H,2-3,6-17,22-25H2,1,4-5H3. The zero-order valence-corrected chi connectivity index (χ0v) is 27.6. The van der Waals surface area contributed by atoms with Gasteiger partial charge in [-0.3, -0.25) is 0 Å². The van der Waals surface area contributed by atoms with Crippen LogP contribution in [0.3, 0.4) is 0 Å². The lowest BCUT2D eigenvalue weighted by molar-refractivity contribution is -0.143. The summed E-state index contributed by atoms with van der Waals surface area (Å²) in [7, 11) is 0. The third-order valence-electron chi connectivity index (χ3n) is 9.92. The molecule has 0 saturated heterocycles. The maximum Gasteiger partial charge on any atom is 0.333 e. The second kappa shape index (κ2) is 18.5. The predicted molar refractivity (Wildman–Crippen MR) is 176 cm³/mol. The Morgan fingerprint density at radius 3 is 1.70 bits per heavy atom. The molecule has 0 radical (unpaired) electrons.